The van der Waals surface area contributed by atoms with Crippen LogP contribution < -0.4 is 9.47 Å². The van der Waals surface area contributed by atoms with Crippen molar-refractivity contribution in [1.29, 1.82) is 0 Å². The molecule has 1 aliphatic rings. The molecule has 7 nitrogen and oxygen atoms in total. The molecule has 0 unspecified atom stereocenters. The summed E-state index contributed by atoms with van der Waals surface area (Å²) in [5.74, 6) is 0.0162. The number of nitrogens with zero attached hydrogens (tertiary/aromatic N) is 1. The first-order chi connectivity index (χ1) is 14.9. The number of thioether (sulfide) groups is 1. The lowest BCUT2D eigenvalue weighted by Crippen LogP contribution is -2.27. The van der Waals surface area contributed by atoms with Crippen molar-refractivity contribution in [2.45, 2.75) is 13.5 Å². The Morgan fingerprint density at radius 3 is 2.58 bits per heavy atom. The molecule has 0 atom stereocenters. The van der Waals surface area contributed by atoms with Crippen molar-refractivity contribution >= 4 is 57.5 Å². The van der Waals surface area contributed by atoms with Gasteiger partial charge in [-0.1, -0.05) is 30.3 Å². The fourth-order valence-electron chi connectivity index (χ4n) is 2.82. The van der Waals surface area contributed by atoms with E-state index in [1.165, 1.54) is 12.0 Å². The van der Waals surface area contributed by atoms with Crippen LogP contribution in [0.15, 0.2) is 47.4 Å². The Morgan fingerprint density at radius 1 is 1.16 bits per heavy atom. The summed E-state index contributed by atoms with van der Waals surface area (Å²) in [4.78, 5) is 38.2. The maximum atomic E-state index is 12.8. The molecule has 162 valence electrons. The number of methoxy groups -OCH3 is 1. The topological polar surface area (TPSA) is 82.1 Å². The van der Waals surface area contributed by atoms with Crippen LogP contribution in [0.3, 0.4) is 0 Å². The van der Waals surface area contributed by atoms with Crippen LogP contribution in [0, 0.1) is 3.57 Å². The number of esters is 1. The van der Waals surface area contributed by atoms with Gasteiger partial charge in [0.25, 0.3) is 11.1 Å². The monoisotopic (exact) mass is 553 g/mol. The lowest BCUT2D eigenvalue weighted by Gasteiger charge is -2.14. The summed E-state index contributed by atoms with van der Waals surface area (Å²) in [6.07, 6.45) is 1.66. The van der Waals surface area contributed by atoms with Crippen molar-refractivity contribution in [2.24, 2.45) is 0 Å². The molecule has 1 aliphatic heterocycles. The summed E-state index contributed by atoms with van der Waals surface area (Å²) in [7, 11) is 1.29. The molecule has 0 spiro atoms. The van der Waals surface area contributed by atoms with Crippen molar-refractivity contribution in [1.82, 2.24) is 4.90 Å². The average Bonchev–Trinajstić information content (AvgIpc) is 3.01. The number of hydrogen-bond donors (Lipinski definition) is 0. The van der Waals surface area contributed by atoms with Crippen LogP contribution in [0.25, 0.3) is 6.08 Å². The predicted octanol–water partition coefficient (Wildman–Crippen LogP) is 4.48. The quantitative estimate of drug-likeness (QED) is 0.271. The fourth-order valence-corrected chi connectivity index (χ4v) is 4.44. The molecule has 2 aromatic carbocycles. The van der Waals surface area contributed by atoms with E-state index in [2.05, 4.69) is 27.3 Å². The number of imide groups is 1. The number of benzene rings is 2. The highest BCUT2D eigenvalue weighted by Crippen LogP contribution is 2.37. The van der Waals surface area contributed by atoms with Crippen LogP contribution in [-0.2, 0) is 20.9 Å². The van der Waals surface area contributed by atoms with Gasteiger partial charge in [0.1, 0.15) is 0 Å². The number of carbonyl (C=O) groups excluding carboxylic acids is 3. The molecule has 2 amide bonds. The molecule has 31 heavy (non-hydrogen) atoms. The second-order valence-electron chi connectivity index (χ2n) is 6.38. The van der Waals surface area contributed by atoms with E-state index in [-0.39, 0.29) is 24.3 Å². The van der Waals surface area contributed by atoms with Gasteiger partial charge in [0, 0.05) is 0 Å². The first kappa shape index (κ1) is 23.1. The van der Waals surface area contributed by atoms with E-state index < -0.39 is 5.97 Å². The van der Waals surface area contributed by atoms with E-state index in [0.717, 1.165) is 17.3 Å². The summed E-state index contributed by atoms with van der Waals surface area (Å²) < 4.78 is 16.5. The molecule has 0 bridgehead atoms. The molecule has 2 aromatic rings. The van der Waals surface area contributed by atoms with Crippen molar-refractivity contribution in [3.05, 3.63) is 62.1 Å². The first-order valence-corrected chi connectivity index (χ1v) is 11.3. The summed E-state index contributed by atoms with van der Waals surface area (Å²) in [6, 6.07) is 12.9. The second kappa shape index (κ2) is 10.7. The summed E-state index contributed by atoms with van der Waals surface area (Å²) >= 11 is 2.97. The molecular formula is C22H20INO6S. The molecule has 0 radical (unpaired) electrons. The van der Waals surface area contributed by atoms with Crippen molar-refractivity contribution in [3.63, 3.8) is 0 Å². The highest BCUT2D eigenvalue weighted by Gasteiger charge is 2.35. The largest absolute Gasteiger partial charge is 0.490 e. The Bertz CT molecular complexity index is 1020. The van der Waals surface area contributed by atoms with Crippen LogP contribution in [0.1, 0.15) is 18.1 Å². The zero-order valence-electron chi connectivity index (χ0n) is 16.9. The first-order valence-electron chi connectivity index (χ1n) is 9.38. The summed E-state index contributed by atoms with van der Waals surface area (Å²) in [5.41, 5.74) is 1.56. The van der Waals surface area contributed by atoms with Gasteiger partial charge in [-0.15, -0.1) is 0 Å². The molecule has 0 N–H and O–H groups in total. The summed E-state index contributed by atoms with van der Waals surface area (Å²) in [6.45, 7) is 2.20. The van der Waals surface area contributed by atoms with Gasteiger partial charge >= 0.3 is 5.97 Å². The van der Waals surface area contributed by atoms with Gasteiger partial charge in [0.05, 0.1) is 28.7 Å². The second-order valence-corrected chi connectivity index (χ2v) is 8.54. The van der Waals surface area contributed by atoms with E-state index in [9.17, 15) is 14.4 Å². The number of ether oxygens (including phenoxy) is 3. The Morgan fingerprint density at radius 2 is 1.90 bits per heavy atom. The van der Waals surface area contributed by atoms with E-state index in [4.69, 9.17) is 9.47 Å². The third-order valence-electron chi connectivity index (χ3n) is 4.25. The molecule has 1 fully saturated rings. The fraction of sp³-hybridized carbons (Fsp3) is 0.227. The average molecular weight is 553 g/mol. The van der Waals surface area contributed by atoms with Crippen molar-refractivity contribution < 1.29 is 28.6 Å². The van der Waals surface area contributed by atoms with E-state index in [1.54, 1.807) is 18.2 Å². The number of rotatable bonds is 8. The zero-order chi connectivity index (χ0) is 22.4. The smallest absolute Gasteiger partial charge is 0.343 e. The van der Waals surface area contributed by atoms with Gasteiger partial charge in [-0.3, -0.25) is 14.5 Å². The van der Waals surface area contributed by atoms with Crippen LogP contribution in [0.5, 0.6) is 11.5 Å². The normalized spacial score (nSPS) is 14.8. The van der Waals surface area contributed by atoms with Crippen LogP contribution in [-0.4, -0.2) is 42.3 Å². The van der Waals surface area contributed by atoms with Crippen molar-refractivity contribution in [2.75, 3.05) is 20.3 Å². The van der Waals surface area contributed by atoms with Gasteiger partial charge in [-0.2, -0.15) is 0 Å². The van der Waals surface area contributed by atoms with Crippen LogP contribution in [0.2, 0.25) is 0 Å². The maximum Gasteiger partial charge on any atom is 0.343 e. The Hall–Kier alpha value is -2.53. The highest BCUT2D eigenvalue weighted by molar-refractivity contribution is 14.1. The minimum atomic E-state index is -0.505. The minimum Gasteiger partial charge on any atom is -0.490 e. The number of carbonyl (C=O) groups is 3. The summed E-state index contributed by atoms with van der Waals surface area (Å²) in [5, 5.41) is -0.308. The molecule has 0 saturated carbocycles. The molecule has 0 aromatic heterocycles. The number of amides is 2. The third kappa shape index (κ3) is 5.79. The molecule has 1 heterocycles. The van der Waals surface area contributed by atoms with Crippen molar-refractivity contribution in [3.8, 4) is 11.5 Å². The van der Waals surface area contributed by atoms with Gasteiger partial charge in [-0.25, -0.2) is 4.79 Å². The van der Waals surface area contributed by atoms with Gasteiger partial charge < -0.3 is 14.2 Å². The lowest BCUT2D eigenvalue weighted by atomic mass is 10.1. The third-order valence-corrected chi connectivity index (χ3v) is 5.96. The number of halogens is 1. The highest BCUT2D eigenvalue weighted by atomic mass is 127. The van der Waals surface area contributed by atoms with Gasteiger partial charge in [0.15, 0.2) is 18.1 Å². The van der Waals surface area contributed by atoms with E-state index in [1.807, 2.05) is 37.3 Å². The number of hydrogen-bond acceptors (Lipinski definition) is 7. The minimum absolute atomic E-state index is 0.227. The van der Waals surface area contributed by atoms with E-state index in [0.29, 0.717) is 32.1 Å². The standard InChI is InChI=1S/C22H20INO6S/c1-3-29-17-10-15(9-16(23)20(17)30-13-19(25)28-2)11-18-21(26)24(22(27)31-18)12-14-7-5-4-6-8-14/h4-11H,3,12-13H2,1-2H3/b18-11+. The molecule has 9 heteroatoms. The predicted molar refractivity (Wildman–Crippen MR) is 126 cm³/mol. The van der Waals surface area contributed by atoms with Crippen LogP contribution in [0.4, 0.5) is 4.79 Å². The van der Waals surface area contributed by atoms with E-state index >= 15 is 0 Å². The molecule has 0 aliphatic carbocycles. The van der Waals surface area contributed by atoms with Gasteiger partial charge in [0.2, 0.25) is 0 Å². The Balaban J connectivity index is 1.84. The maximum absolute atomic E-state index is 12.8. The molecule has 1 saturated heterocycles. The Labute approximate surface area is 197 Å². The SMILES string of the molecule is CCOc1cc(/C=C2/SC(=O)N(Cc3ccccc3)C2=O)cc(I)c1OCC(=O)OC. The van der Waals surface area contributed by atoms with Crippen LogP contribution >= 0.6 is 34.4 Å². The molecule has 3 rings (SSSR count). The lowest BCUT2D eigenvalue weighted by molar-refractivity contribution is -0.143. The van der Waals surface area contributed by atoms with Gasteiger partial charge in [-0.05, 0) is 70.6 Å². The Kier molecular flexibility index (Phi) is 7.97. The zero-order valence-corrected chi connectivity index (χ0v) is 19.9. The molecular weight excluding hydrogens is 533 g/mol.